The quantitative estimate of drug-likeness (QED) is 0.756. The van der Waals surface area contributed by atoms with Crippen LogP contribution in [-0.2, 0) is 16.1 Å². The van der Waals surface area contributed by atoms with Gasteiger partial charge in [-0.1, -0.05) is 43.2 Å². The molecular formula is C19H25N5O2. The van der Waals surface area contributed by atoms with Crippen molar-refractivity contribution in [1.82, 2.24) is 25.4 Å². The lowest BCUT2D eigenvalue weighted by molar-refractivity contribution is -0.125. The number of aromatic nitrogens is 3. The predicted molar refractivity (Wildman–Crippen MR) is 96.9 cm³/mol. The maximum Gasteiger partial charge on any atom is 0.223 e. The number of carbonyl (C=O) groups excluding carboxylic acids is 2. The molecule has 2 aromatic rings. The fourth-order valence-corrected chi connectivity index (χ4v) is 3.33. The fraction of sp³-hybridized carbons (Fsp3) is 0.474. The first-order valence-corrected chi connectivity index (χ1v) is 9.17. The molecule has 1 atom stereocenters. The van der Waals surface area contributed by atoms with Gasteiger partial charge in [0.05, 0.1) is 12.6 Å². The van der Waals surface area contributed by atoms with E-state index in [0.717, 1.165) is 31.2 Å². The van der Waals surface area contributed by atoms with Crippen molar-refractivity contribution >= 4 is 11.8 Å². The van der Waals surface area contributed by atoms with Crippen LogP contribution in [0.4, 0.5) is 0 Å². The molecular weight excluding hydrogens is 330 g/mol. The highest BCUT2D eigenvalue weighted by molar-refractivity contribution is 5.80. The van der Waals surface area contributed by atoms with Gasteiger partial charge in [0.2, 0.25) is 11.8 Å². The standard InChI is InChI=1S/C19H25N5O2/c25-18(10-11-21-19(26)16-8-4-5-9-16)23-17(12-24-14-20-13-22-24)15-6-2-1-3-7-15/h1-3,6-7,13-14,16-17H,4-5,8-12H2,(H,21,26)(H,23,25). The average molecular weight is 355 g/mol. The Morgan fingerprint density at radius 2 is 1.96 bits per heavy atom. The SMILES string of the molecule is O=C(CCNC(=O)C1CCCC1)NC(Cn1cncn1)c1ccccc1. The summed E-state index contributed by atoms with van der Waals surface area (Å²) in [4.78, 5) is 28.3. The van der Waals surface area contributed by atoms with Gasteiger partial charge in [0.15, 0.2) is 0 Å². The molecule has 1 fully saturated rings. The van der Waals surface area contributed by atoms with Crippen molar-refractivity contribution in [3.63, 3.8) is 0 Å². The van der Waals surface area contributed by atoms with Crippen LogP contribution in [0.2, 0.25) is 0 Å². The Labute approximate surface area is 153 Å². The number of nitrogens with one attached hydrogen (secondary N) is 2. The van der Waals surface area contributed by atoms with E-state index in [0.29, 0.717) is 13.1 Å². The molecule has 1 aliphatic rings. The highest BCUT2D eigenvalue weighted by atomic mass is 16.2. The first-order valence-electron chi connectivity index (χ1n) is 9.17. The Kier molecular flexibility index (Phi) is 6.35. The molecule has 1 unspecified atom stereocenters. The van der Waals surface area contributed by atoms with Crippen molar-refractivity contribution in [2.45, 2.75) is 44.7 Å². The van der Waals surface area contributed by atoms with E-state index in [9.17, 15) is 9.59 Å². The Bertz CT molecular complexity index is 696. The number of nitrogens with zero attached hydrogens (tertiary/aromatic N) is 3. The molecule has 7 nitrogen and oxygen atoms in total. The van der Waals surface area contributed by atoms with Gasteiger partial charge in [0, 0.05) is 18.9 Å². The molecule has 1 aliphatic carbocycles. The van der Waals surface area contributed by atoms with E-state index in [1.165, 1.54) is 6.33 Å². The van der Waals surface area contributed by atoms with Crippen molar-refractivity contribution in [3.8, 4) is 0 Å². The molecule has 1 saturated carbocycles. The zero-order valence-corrected chi connectivity index (χ0v) is 14.8. The Hall–Kier alpha value is -2.70. The van der Waals surface area contributed by atoms with Crippen LogP contribution in [0.5, 0.6) is 0 Å². The van der Waals surface area contributed by atoms with E-state index >= 15 is 0 Å². The van der Waals surface area contributed by atoms with Gasteiger partial charge in [-0.05, 0) is 18.4 Å². The number of amides is 2. The van der Waals surface area contributed by atoms with Crippen molar-refractivity contribution in [1.29, 1.82) is 0 Å². The summed E-state index contributed by atoms with van der Waals surface area (Å²) >= 11 is 0. The first kappa shape index (κ1) is 18.1. The maximum absolute atomic E-state index is 12.4. The minimum atomic E-state index is -0.198. The Morgan fingerprint density at radius 1 is 1.19 bits per heavy atom. The van der Waals surface area contributed by atoms with Crippen LogP contribution >= 0.6 is 0 Å². The molecule has 1 heterocycles. The zero-order valence-electron chi connectivity index (χ0n) is 14.8. The molecule has 3 rings (SSSR count). The number of hydrogen-bond acceptors (Lipinski definition) is 4. The van der Waals surface area contributed by atoms with Crippen LogP contribution in [-0.4, -0.2) is 33.1 Å². The van der Waals surface area contributed by atoms with Gasteiger partial charge in [-0.2, -0.15) is 5.10 Å². The van der Waals surface area contributed by atoms with E-state index in [1.807, 2.05) is 30.3 Å². The summed E-state index contributed by atoms with van der Waals surface area (Å²) in [5.41, 5.74) is 1.01. The van der Waals surface area contributed by atoms with Crippen LogP contribution in [0.3, 0.4) is 0 Å². The normalized spacial score (nSPS) is 15.5. The number of carbonyl (C=O) groups is 2. The molecule has 2 N–H and O–H groups in total. The summed E-state index contributed by atoms with van der Waals surface area (Å²) in [6.07, 6.45) is 7.54. The molecule has 2 amide bonds. The van der Waals surface area contributed by atoms with Gasteiger partial charge in [0.25, 0.3) is 0 Å². The van der Waals surface area contributed by atoms with Gasteiger partial charge in [0.1, 0.15) is 12.7 Å². The lowest BCUT2D eigenvalue weighted by atomic mass is 10.1. The largest absolute Gasteiger partial charge is 0.355 e. The van der Waals surface area contributed by atoms with Crippen molar-refractivity contribution in [3.05, 3.63) is 48.5 Å². The number of hydrogen-bond donors (Lipinski definition) is 2. The third-order valence-corrected chi connectivity index (χ3v) is 4.75. The van der Waals surface area contributed by atoms with Crippen molar-refractivity contribution in [2.75, 3.05) is 6.54 Å². The van der Waals surface area contributed by atoms with E-state index in [1.54, 1.807) is 11.0 Å². The summed E-state index contributed by atoms with van der Waals surface area (Å²) in [6, 6.07) is 9.58. The van der Waals surface area contributed by atoms with Crippen LogP contribution in [0.1, 0.15) is 43.7 Å². The van der Waals surface area contributed by atoms with Gasteiger partial charge in [-0.25, -0.2) is 4.98 Å². The zero-order chi connectivity index (χ0) is 18.2. The number of benzene rings is 1. The van der Waals surface area contributed by atoms with Crippen molar-refractivity contribution < 1.29 is 9.59 Å². The molecule has 0 aliphatic heterocycles. The van der Waals surface area contributed by atoms with Crippen molar-refractivity contribution in [2.24, 2.45) is 5.92 Å². The molecule has 0 saturated heterocycles. The lowest BCUT2D eigenvalue weighted by Crippen LogP contribution is -2.36. The summed E-state index contributed by atoms with van der Waals surface area (Å²) in [5.74, 6) is 0.116. The average Bonchev–Trinajstić information content (AvgIpc) is 3.36. The summed E-state index contributed by atoms with van der Waals surface area (Å²) in [6.45, 7) is 0.871. The topological polar surface area (TPSA) is 88.9 Å². The monoisotopic (exact) mass is 355 g/mol. The van der Waals surface area contributed by atoms with E-state index in [4.69, 9.17) is 0 Å². The molecule has 1 aromatic heterocycles. The van der Waals surface area contributed by atoms with Crippen LogP contribution < -0.4 is 10.6 Å². The third kappa shape index (κ3) is 5.15. The maximum atomic E-state index is 12.4. The molecule has 0 bridgehead atoms. The molecule has 0 spiro atoms. The lowest BCUT2D eigenvalue weighted by Gasteiger charge is -2.19. The smallest absolute Gasteiger partial charge is 0.223 e. The Morgan fingerprint density at radius 3 is 2.65 bits per heavy atom. The Balaban J connectivity index is 1.51. The van der Waals surface area contributed by atoms with Crippen LogP contribution in [0.15, 0.2) is 43.0 Å². The highest BCUT2D eigenvalue weighted by Gasteiger charge is 2.22. The minimum Gasteiger partial charge on any atom is -0.355 e. The fourth-order valence-electron chi connectivity index (χ4n) is 3.33. The molecule has 26 heavy (non-hydrogen) atoms. The number of rotatable bonds is 8. The van der Waals surface area contributed by atoms with E-state index in [-0.39, 0.29) is 30.2 Å². The molecule has 138 valence electrons. The van der Waals surface area contributed by atoms with Crippen LogP contribution in [0.25, 0.3) is 0 Å². The van der Waals surface area contributed by atoms with Gasteiger partial charge in [-0.3, -0.25) is 14.3 Å². The molecule has 1 aromatic carbocycles. The summed E-state index contributed by atoms with van der Waals surface area (Å²) in [5, 5.41) is 10.0. The van der Waals surface area contributed by atoms with Gasteiger partial charge in [-0.15, -0.1) is 0 Å². The van der Waals surface area contributed by atoms with Gasteiger partial charge >= 0.3 is 0 Å². The highest BCUT2D eigenvalue weighted by Crippen LogP contribution is 2.24. The van der Waals surface area contributed by atoms with E-state index in [2.05, 4.69) is 20.7 Å². The minimum absolute atomic E-state index is 0.0810. The first-order chi connectivity index (χ1) is 12.7. The van der Waals surface area contributed by atoms with Gasteiger partial charge < -0.3 is 10.6 Å². The molecule has 0 radical (unpaired) electrons. The van der Waals surface area contributed by atoms with Crippen LogP contribution in [0, 0.1) is 5.92 Å². The third-order valence-electron chi connectivity index (χ3n) is 4.75. The second-order valence-corrected chi connectivity index (χ2v) is 6.67. The second kappa shape index (κ2) is 9.12. The summed E-state index contributed by atoms with van der Waals surface area (Å²) in [7, 11) is 0. The second-order valence-electron chi connectivity index (χ2n) is 6.67. The summed E-state index contributed by atoms with van der Waals surface area (Å²) < 4.78 is 1.69. The predicted octanol–water partition coefficient (Wildman–Crippen LogP) is 1.83. The molecule has 7 heteroatoms. The van der Waals surface area contributed by atoms with E-state index < -0.39 is 0 Å².